The van der Waals surface area contributed by atoms with Gasteiger partial charge in [0.15, 0.2) is 0 Å². The minimum atomic E-state index is 0.221. The van der Waals surface area contributed by atoms with Crippen LogP contribution in [-0.4, -0.2) is 15.0 Å². The first-order chi connectivity index (χ1) is 11.2. The number of nitrogens with two attached hydrogens (primary N) is 1. The number of nitrogens with zero attached hydrogens (tertiary/aromatic N) is 3. The molecule has 3 rings (SSSR count). The van der Waals surface area contributed by atoms with Crippen LogP contribution in [0.3, 0.4) is 0 Å². The summed E-state index contributed by atoms with van der Waals surface area (Å²) >= 11 is 1.66. The van der Waals surface area contributed by atoms with Crippen molar-refractivity contribution in [1.82, 2.24) is 15.0 Å². The first kappa shape index (κ1) is 15.3. The maximum absolute atomic E-state index is 5.79. The van der Waals surface area contributed by atoms with Gasteiger partial charge >= 0.3 is 0 Å². The number of benzene rings is 2. The van der Waals surface area contributed by atoms with Crippen LogP contribution in [-0.2, 0) is 5.75 Å². The molecule has 0 aliphatic heterocycles. The van der Waals surface area contributed by atoms with Crippen LogP contribution in [0.15, 0.2) is 59.5 Å². The molecule has 5 nitrogen and oxygen atoms in total. The van der Waals surface area contributed by atoms with Crippen LogP contribution < -0.4 is 11.1 Å². The van der Waals surface area contributed by atoms with Crippen molar-refractivity contribution in [3.63, 3.8) is 0 Å². The van der Waals surface area contributed by atoms with Crippen LogP contribution >= 0.6 is 11.8 Å². The number of hydrogen-bond donors (Lipinski definition) is 2. The minimum Gasteiger partial charge on any atom is -0.368 e. The number of thioether (sulfide) groups is 1. The van der Waals surface area contributed by atoms with Crippen LogP contribution in [0.2, 0.25) is 0 Å². The van der Waals surface area contributed by atoms with Crippen molar-refractivity contribution in [3.05, 3.63) is 66.0 Å². The number of nitrogens with one attached hydrogen (secondary N) is 1. The lowest BCUT2D eigenvalue weighted by Gasteiger charge is -2.07. The summed E-state index contributed by atoms with van der Waals surface area (Å²) in [6.45, 7) is 2.05. The molecule has 1 aromatic heterocycles. The fraction of sp³-hybridized carbons (Fsp3) is 0.118. The Labute approximate surface area is 139 Å². The van der Waals surface area contributed by atoms with Crippen molar-refractivity contribution in [2.75, 3.05) is 11.1 Å². The fourth-order valence-corrected chi connectivity index (χ4v) is 2.76. The van der Waals surface area contributed by atoms with E-state index in [2.05, 4.69) is 32.4 Å². The molecular weight excluding hydrogens is 306 g/mol. The zero-order valence-corrected chi connectivity index (χ0v) is 13.5. The Hall–Kier alpha value is -2.60. The van der Waals surface area contributed by atoms with Gasteiger partial charge in [-0.05, 0) is 31.2 Å². The van der Waals surface area contributed by atoms with E-state index >= 15 is 0 Å². The van der Waals surface area contributed by atoms with Crippen LogP contribution in [0.4, 0.5) is 17.6 Å². The van der Waals surface area contributed by atoms with Gasteiger partial charge in [0.2, 0.25) is 11.9 Å². The molecule has 0 fully saturated rings. The predicted molar refractivity (Wildman–Crippen MR) is 94.7 cm³/mol. The van der Waals surface area contributed by atoms with E-state index in [0.717, 1.165) is 5.69 Å². The number of hydrogen-bond acceptors (Lipinski definition) is 6. The van der Waals surface area contributed by atoms with E-state index in [1.54, 1.807) is 11.8 Å². The van der Waals surface area contributed by atoms with Crippen LogP contribution in [0.25, 0.3) is 0 Å². The molecule has 2 aromatic carbocycles. The largest absolute Gasteiger partial charge is 0.368 e. The van der Waals surface area contributed by atoms with Gasteiger partial charge in [0, 0.05) is 10.6 Å². The van der Waals surface area contributed by atoms with Gasteiger partial charge in [-0.2, -0.15) is 15.0 Å². The molecule has 1 heterocycles. The summed E-state index contributed by atoms with van der Waals surface area (Å²) in [7, 11) is 0. The van der Waals surface area contributed by atoms with Gasteiger partial charge in [0.1, 0.15) is 5.82 Å². The van der Waals surface area contributed by atoms with E-state index in [9.17, 15) is 0 Å². The average molecular weight is 323 g/mol. The summed E-state index contributed by atoms with van der Waals surface area (Å²) in [6, 6.07) is 18.1. The van der Waals surface area contributed by atoms with Gasteiger partial charge in [-0.15, -0.1) is 11.8 Å². The highest BCUT2D eigenvalue weighted by Crippen LogP contribution is 2.22. The molecule has 0 aliphatic carbocycles. The lowest BCUT2D eigenvalue weighted by atomic mass is 10.2. The lowest BCUT2D eigenvalue weighted by Crippen LogP contribution is -2.06. The smallest absolute Gasteiger partial charge is 0.232 e. The third kappa shape index (κ3) is 4.43. The fourth-order valence-electron chi connectivity index (χ4n) is 1.99. The maximum Gasteiger partial charge on any atom is 0.232 e. The third-order valence-corrected chi connectivity index (χ3v) is 4.13. The van der Waals surface area contributed by atoms with E-state index in [0.29, 0.717) is 17.5 Å². The molecule has 6 heteroatoms. The summed E-state index contributed by atoms with van der Waals surface area (Å²) in [5, 5.41) is 3.16. The molecule has 3 aromatic rings. The van der Waals surface area contributed by atoms with Crippen molar-refractivity contribution < 1.29 is 0 Å². The zero-order chi connectivity index (χ0) is 16.1. The maximum atomic E-state index is 5.79. The van der Waals surface area contributed by atoms with Crippen molar-refractivity contribution in [2.24, 2.45) is 0 Å². The Kier molecular flexibility index (Phi) is 4.73. The van der Waals surface area contributed by atoms with Crippen LogP contribution in [0.5, 0.6) is 0 Å². The normalized spacial score (nSPS) is 10.5. The highest BCUT2D eigenvalue weighted by atomic mass is 32.2. The molecule has 0 atom stereocenters. The van der Waals surface area contributed by atoms with Gasteiger partial charge in [-0.25, -0.2) is 0 Å². The van der Waals surface area contributed by atoms with Gasteiger partial charge in [0.25, 0.3) is 0 Å². The zero-order valence-electron chi connectivity index (χ0n) is 12.7. The van der Waals surface area contributed by atoms with Gasteiger partial charge in [0.05, 0.1) is 5.75 Å². The van der Waals surface area contributed by atoms with E-state index in [1.165, 1.54) is 10.5 Å². The van der Waals surface area contributed by atoms with Crippen molar-refractivity contribution >= 4 is 29.3 Å². The molecule has 0 amide bonds. The summed E-state index contributed by atoms with van der Waals surface area (Å²) in [5.41, 5.74) is 7.91. The van der Waals surface area contributed by atoms with E-state index < -0.39 is 0 Å². The van der Waals surface area contributed by atoms with Gasteiger partial charge in [-0.1, -0.05) is 35.9 Å². The molecule has 0 unspecified atom stereocenters. The SMILES string of the molecule is Cc1ccc(Nc2nc(N)nc(CSc3ccccc3)n2)cc1. The molecule has 0 bridgehead atoms. The Balaban J connectivity index is 1.72. The molecule has 116 valence electrons. The van der Waals surface area contributed by atoms with Crippen LogP contribution in [0, 0.1) is 6.92 Å². The van der Waals surface area contributed by atoms with Gasteiger partial charge < -0.3 is 11.1 Å². The van der Waals surface area contributed by atoms with Crippen molar-refractivity contribution in [1.29, 1.82) is 0 Å². The summed E-state index contributed by atoms with van der Waals surface area (Å²) in [6.07, 6.45) is 0. The number of rotatable bonds is 5. The quantitative estimate of drug-likeness (QED) is 0.696. The topological polar surface area (TPSA) is 76.7 Å². The second-order valence-corrected chi connectivity index (χ2v) is 6.07. The lowest BCUT2D eigenvalue weighted by molar-refractivity contribution is 0.982. The number of aryl methyl sites for hydroxylation is 1. The number of aromatic nitrogens is 3. The standard InChI is InChI=1S/C17H17N5S/c1-12-7-9-13(10-8-12)19-17-21-15(20-16(18)22-17)11-23-14-5-3-2-4-6-14/h2-10H,11H2,1H3,(H3,18,19,20,21,22). The second kappa shape index (κ2) is 7.11. The first-order valence-electron chi connectivity index (χ1n) is 7.21. The van der Waals surface area contributed by atoms with E-state index in [4.69, 9.17) is 5.73 Å². The van der Waals surface area contributed by atoms with E-state index in [-0.39, 0.29) is 5.95 Å². The van der Waals surface area contributed by atoms with E-state index in [1.807, 2.05) is 49.4 Å². The summed E-state index contributed by atoms with van der Waals surface area (Å²) in [4.78, 5) is 13.9. The highest BCUT2D eigenvalue weighted by molar-refractivity contribution is 7.98. The Morgan fingerprint density at radius 1 is 0.957 bits per heavy atom. The number of nitrogen functional groups attached to an aromatic ring is 1. The minimum absolute atomic E-state index is 0.221. The highest BCUT2D eigenvalue weighted by Gasteiger charge is 2.06. The first-order valence-corrected chi connectivity index (χ1v) is 8.19. The monoisotopic (exact) mass is 323 g/mol. The summed E-state index contributed by atoms with van der Waals surface area (Å²) < 4.78 is 0. The molecule has 0 spiro atoms. The molecule has 0 saturated carbocycles. The molecule has 0 radical (unpaired) electrons. The second-order valence-electron chi connectivity index (χ2n) is 5.03. The molecule has 23 heavy (non-hydrogen) atoms. The molecule has 0 aliphatic rings. The summed E-state index contributed by atoms with van der Waals surface area (Å²) in [5.74, 6) is 1.98. The van der Waals surface area contributed by atoms with Crippen molar-refractivity contribution in [3.8, 4) is 0 Å². The molecule has 0 saturated heterocycles. The Morgan fingerprint density at radius 2 is 1.70 bits per heavy atom. The van der Waals surface area contributed by atoms with Crippen molar-refractivity contribution in [2.45, 2.75) is 17.6 Å². The number of anilines is 3. The van der Waals surface area contributed by atoms with Crippen LogP contribution in [0.1, 0.15) is 11.4 Å². The van der Waals surface area contributed by atoms with Gasteiger partial charge in [-0.3, -0.25) is 0 Å². The average Bonchev–Trinajstić information content (AvgIpc) is 2.56. The molecular formula is C17H17N5S. The Bertz CT molecular complexity index is 775. The third-order valence-electron chi connectivity index (χ3n) is 3.12. The molecule has 3 N–H and O–H groups in total. The predicted octanol–water partition coefficient (Wildman–Crippen LogP) is 3.80. The Morgan fingerprint density at radius 3 is 2.43 bits per heavy atom.